The number of nitrogens with two attached hydrogens (primary N) is 1. The number of hydrogen-bond donors (Lipinski definition) is 1. The van der Waals surface area contributed by atoms with E-state index in [0.717, 1.165) is 16.9 Å². The third-order valence-electron chi connectivity index (χ3n) is 3.06. The molecular formula is C17H14N2O2S. The number of amidine groups is 1. The lowest BCUT2D eigenvalue weighted by atomic mass is 10.2. The molecule has 1 aliphatic rings. The first kappa shape index (κ1) is 14.4. The Balaban J connectivity index is 1.64. The molecule has 1 amide bonds. The average Bonchev–Trinajstić information content (AvgIpc) is 2.85. The SMILES string of the molecule is NC1=NC(=O)C(=Cc2ccc(OCc3ccccc3)cc2)S1. The molecule has 0 radical (unpaired) electrons. The van der Waals surface area contributed by atoms with Gasteiger partial charge in [-0.25, -0.2) is 0 Å². The van der Waals surface area contributed by atoms with Crippen molar-refractivity contribution in [1.82, 2.24) is 0 Å². The zero-order valence-electron chi connectivity index (χ0n) is 11.7. The van der Waals surface area contributed by atoms with Gasteiger partial charge in [-0.1, -0.05) is 42.5 Å². The minimum atomic E-state index is -0.285. The van der Waals surface area contributed by atoms with Gasteiger partial charge in [0.25, 0.3) is 5.91 Å². The fourth-order valence-electron chi connectivity index (χ4n) is 1.98. The average molecular weight is 310 g/mol. The molecule has 2 aromatic rings. The Morgan fingerprint density at radius 2 is 1.82 bits per heavy atom. The van der Waals surface area contributed by atoms with E-state index in [0.29, 0.717) is 16.7 Å². The molecule has 0 unspecified atom stereocenters. The van der Waals surface area contributed by atoms with Crippen LogP contribution in [0.15, 0.2) is 64.5 Å². The van der Waals surface area contributed by atoms with E-state index in [-0.39, 0.29) is 5.91 Å². The molecule has 0 saturated heterocycles. The highest BCUT2D eigenvalue weighted by Crippen LogP contribution is 2.26. The maximum atomic E-state index is 11.5. The van der Waals surface area contributed by atoms with Crippen molar-refractivity contribution in [2.45, 2.75) is 6.61 Å². The minimum Gasteiger partial charge on any atom is -0.489 e. The van der Waals surface area contributed by atoms with Gasteiger partial charge in [0.2, 0.25) is 0 Å². The number of rotatable bonds is 4. The number of ether oxygens (including phenoxy) is 1. The van der Waals surface area contributed by atoms with Crippen LogP contribution in [0.4, 0.5) is 0 Å². The quantitative estimate of drug-likeness (QED) is 0.881. The van der Waals surface area contributed by atoms with Gasteiger partial charge < -0.3 is 10.5 Å². The van der Waals surface area contributed by atoms with E-state index in [2.05, 4.69) is 4.99 Å². The fraction of sp³-hybridized carbons (Fsp3) is 0.0588. The van der Waals surface area contributed by atoms with Gasteiger partial charge in [0.15, 0.2) is 5.17 Å². The number of thioether (sulfide) groups is 1. The lowest BCUT2D eigenvalue weighted by molar-refractivity contribution is -0.113. The number of benzene rings is 2. The standard InChI is InChI=1S/C17H14N2O2S/c18-17-19-16(20)15(22-17)10-12-6-8-14(9-7-12)21-11-13-4-2-1-3-5-13/h1-10H,11H2,(H2,18,19,20). The molecule has 4 nitrogen and oxygen atoms in total. The molecule has 1 aliphatic heterocycles. The normalized spacial score (nSPS) is 15.9. The van der Waals surface area contributed by atoms with Crippen molar-refractivity contribution in [3.05, 3.63) is 70.6 Å². The predicted octanol–water partition coefficient (Wildman–Crippen LogP) is 3.19. The van der Waals surface area contributed by atoms with Crippen LogP contribution in [-0.4, -0.2) is 11.1 Å². The first-order chi connectivity index (χ1) is 10.7. The molecule has 3 rings (SSSR count). The number of nitrogens with zero attached hydrogens (tertiary/aromatic N) is 1. The third-order valence-corrected chi connectivity index (χ3v) is 3.88. The zero-order chi connectivity index (χ0) is 15.4. The van der Waals surface area contributed by atoms with Gasteiger partial charge in [-0.2, -0.15) is 4.99 Å². The van der Waals surface area contributed by atoms with Crippen LogP contribution in [0.25, 0.3) is 6.08 Å². The van der Waals surface area contributed by atoms with Crippen molar-refractivity contribution >= 4 is 28.9 Å². The monoisotopic (exact) mass is 310 g/mol. The van der Waals surface area contributed by atoms with E-state index in [9.17, 15) is 4.79 Å². The molecule has 2 aromatic carbocycles. The third kappa shape index (κ3) is 3.56. The Labute approximate surface area is 132 Å². The maximum absolute atomic E-state index is 11.5. The summed E-state index contributed by atoms with van der Waals surface area (Å²) in [6, 6.07) is 17.5. The summed E-state index contributed by atoms with van der Waals surface area (Å²) >= 11 is 1.19. The van der Waals surface area contributed by atoms with Gasteiger partial charge in [-0.15, -0.1) is 0 Å². The summed E-state index contributed by atoms with van der Waals surface area (Å²) in [6.07, 6.45) is 1.78. The number of amides is 1. The van der Waals surface area contributed by atoms with Crippen molar-refractivity contribution < 1.29 is 9.53 Å². The highest BCUT2D eigenvalue weighted by Gasteiger charge is 2.19. The van der Waals surface area contributed by atoms with Crippen molar-refractivity contribution in [1.29, 1.82) is 0 Å². The van der Waals surface area contributed by atoms with Crippen LogP contribution >= 0.6 is 11.8 Å². The van der Waals surface area contributed by atoms with E-state index < -0.39 is 0 Å². The second kappa shape index (κ2) is 6.49. The molecule has 0 fully saturated rings. The van der Waals surface area contributed by atoms with Crippen molar-refractivity contribution in [2.75, 3.05) is 0 Å². The number of hydrogen-bond acceptors (Lipinski definition) is 4. The lowest BCUT2D eigenvalue weighted by Crippen LogP contribution is -2.01. The van der Waals surface area contributed by atoms with Crippen molar-refractivity contribution in [3.63, 3.8) is 0 Å². The summed E-state index contributed by atoms with van der Waals surface area (Å²) < 4.78 is 5.72. The Hall–Kier alpha value is -2.53. The van der Waals surface area contributed by atoms with E-state index in [1.54, 1.807) is 6.08 Å². The Bertz CT molecular complexity index is 737. The topological polar surface area (TPSA) is 64.7 Å². The second-order valence-electron chi connectivity index (χ2n) is 4.71. The summed E-state index contributed by atoms with van der Waals surface area (Å²) in [7, 11) is 0. The molecule has 2 N–H and O–H groups in total. The summed E-state index contributed by atoms with van der Waals surface area (Å²) in [5.74, 6) is 0.499. The molecule has 0 saturated carbocycles. The summed E-state index contributed by atoms with van der Waals surface area (Å²) in [4.78, 5) is 15.7. The Morgan fingerprint density at radius 1 is 1.09 bits per heavy atom. The van der Waals surface area contributed by atoms with Crippen LogP contribution in [0.1, 0.15) is 11.1 Å². The second-order valence-corrected chi connectivity index (χ2v) is 5.77. The van der Waals surface area contributed by atoms with Crippen LogP contribution in [0.2, 0.25) is 0 Å². The summed E-state index contributed by atoms with van der Waals surface area (Å²) in [6.45, 7) is 0.528. The maximum Gasteiger partial charge on any atom is 0.286 e. The Kier molecular flexibility index (Phi) is 4.25. The molecule has 0 spiro atoms. The van der Waals surface area contributed by atoms with Crippen LogP contribution in [0.5, 0.6) is 5.75 Å². The molecule has 0 atom stereocenters. The molecule has 110 valence electrons. The largest absolute Gasteiger partial charge is 0.489 e. The predicted molar refractivity (Wildman–Crippen MR) is 89.4 cm³/mol. The Morgan fingerprint density at radius 3 is 2.45 bits per heavy atom. The van der Waals surface area contributed by atoms with Crippen LogP contribution in [-0.2, 0) is 11.4 Å². The van der Waals surface area contributed by atoms with E-state index >= 15 is 0 Å². The van der Waals surface area contributed by atoms with Gasteiger partial charge in [0, 0.05) is 0 Å². The molecule has 0 aliphatic carbocycles. The fourth-order valence-corrected chi connectivity index (χ4v) is 2.66. The molecule has 22 heavy (non-hydrogen) atoms. The highest BCUT2D eigenvalue weighted by molar-refractivity contribution is 8.18. The van der Waals surface area contributed by atoms with Crippen LogP contribution in [0, 0.1) is 0 Å². The van der Waals surface area contributed by atoms with E-state index in [1.807, 2.05) is 54.6 Å². The number of carbonyl (C=O) groups excluding carboxylic acids is 1. The van der Waals surface area contributed by atoms with E-state index in [1.165, 1.54) is 11.8 Å². The molecule has 0 aromatic heterocycles. The lowest BCUT2D eigenvalue weighted by Gasteiger charge is -2.06. The summed E-state index contributed by atoms with van der Waals surface area (Å²) in [5.41, 5.74) is 7.55. The highest BCUT2D eigenvalue weighted by atomic mass is 32.2. The number of carbonyl (C=O) groups is 1. The van der Waals surface area contributed by atoms with Crippen molar-refractivity contribution in [3.8, 4) is 5.75 Å². The van der Waals surface area contributed by atoms with Crippen LogP contribution < -0.4 is 10.5 Å². The summed E-state index contributed by atoms with van der Waals surface area (Å²) in [5, 5.41) is 0.291. The van der Waals surface area contributed by atoms with Gasteiger partial charge in [0.05, 0.1) is 4.91 Å². The van der Waals surface area contributed by atoms with Gasteiger partial charge >= 0.3 is 0 Å². The zero-order valence-corrected chi connectivity index (χ0v) is 12.5. The number of aliphatic imine (C=N–C) groups is 1. The minimum absolute atomic E-state index is 0.285. The van der Waals surface area contributed by atoms with E-state index in [4.69, 9.17) is 10.5 Å². The van der Waals surface area contributed by atoms with Crippen molar-refractivity contribution in [2.24, 2.45) is 10.7 Å². The first-order valence-corrected chi connectivity index (χ1v) is 7.57. The molecule has 5 heteroatoms. The molecular weight excluding hydrogens is 296 g/mol. The molecule has 0 bridgehead atoms. The smallest absolute Gasteiger partial charge is 0.286 e. The van der Waals surface area contributed by atoms with Gasteiger partial charge in [0.1, 0.15) is 12.4 Å². The first-order valence-electron chi connectivity index (χ1n) is 6.75. The molecule has 1 heterocycles. The van der Waals surface area contributed by atoms with Gasteiger partial charge in [-0.05, 0) is 41.1 Å². The van der Waals surface area contributed by atoms with Crippen LogP contribution in [0.3, 0.4) is 0 Å². The van der Waals surface area contributed by atoms with Gasteiger partial charge in [-0.3, -0.25) is 4.79 Å².